The Balaban J connectivity index is 1.91. The van der Waals surface area contributed by atoms with Gasteiger partial charge < -0.3 is 9.64 Å². The summed E-state index contributed by atoms with van der Waals surface area (Å²) in [6, 6.07) is 14.7. The van der Waals surface area contributed by atoms with E-state index in [9.17, 15) is 4.79 Å². The van der Waals surface area contributed by atoms with Crippen molar-refractivity contribution in [3.05, 3.63) is 58.5 Å². The predicted molar refractivity (Wildman–Crippen MR) is 91.8 cm³/mol. The second-order valence-electron chi connectivity index (χ2n) is 6.22. The van der Waals surface area contributed by atoms with E-state index in [2.05, 4.69) is 35.4 Å². The molecule has 2 aromatic carbocycles. The van der Waals surface area contributed by atoms with Crippen molar-refractivity contribution in [1.29, 1.82) is 0 Å². The van der Waals surface area contributed by atoms with Gasteiger partial charge in [0.15, 0.2) is 5.78 Å². The number of rotatable bonds is 2. The quantitative estimate of drug-likeness (QED) is 0.850. The Morgan fingerprint density at radius 3 is 2.78 bits per heavy atom. The van der Waals surface area contributed by atoms with Crippen molar-refractivity contribution in [2.24, 2.45) is 0 Å². The Morgan fingerprint density at radius 1 is 1.17 bits per heavy atom. The van der Waals surface area contributed by atoms with E-state index in [0.717, 1.165) is 34.6 Å². The van der Waals surface area contributed by atoms with Gasteiger partial charge in [0.25, 0.3) is 0 Å². The first-order valence-corrected chi connectivity index (χ1v) is 7.93. The van der Waals surface area contributed by atoms with E-state index < -0.39 is 0 Å². The first-order chi connectivity index (χ1) is 11.2. The van der Waals surface area contributed by atoms with Crippen LogP contribution in [-0.2, 0) is 11.2 Å². The maximum Gasteiger partial charge on any atom is 0.156 e. The zero-order valence-corrected chi connectivity index (χ0v) is 13.4. The second-order valence-corrected chi connectivity index (χ2v) is 6.22. The smallest absolute Gasteiger partial charge is 0.156 e. The maximum atomic E-state index is 12.2. The van der Waals surface area contributed by atoms with Crippen LogP contribution in [0.25, 0.3) is 11.8 Å². The Kier molecular flexibility index (Phi) is 3.22. The summed E-state index contributed by atoms with van der Waals surface area (Å²) in [4.78, 5) is 14.5. The molecule has 0 spiro atoms. The number of benzene rings is 2. The lowest BCUT2D eigenvalue weighted by atomic mass is 9.98. The van der Waals surface area contributed by atoms with E-state index in [4.69, 9.17) is 4.74 Å². The minimum Gasteiger partial charge on any atom is -0.497 e. The van der Waals surface area contributed by atoms with Crippen LogP contribution in [-0.4, -0.2) is 18.9 Å². The molecule has 0 bridgehead atoms. The molecular weight excluding hydrogens is 286 g/mol. The van der Waals surface area contributed by atoms with Gasteiger partial charge in [0, 0.05) is 23.5 Å². The molecule has 4 rings (SSSR count). The molecule has 0 radical (unpaired) electrons. The Labute approximate surface area is 135 Å². The average molecular weight is 305 g/mol. The fourth-order valence-corrected chi connectivity index (χ4v) is 3.71. The summed E-state index contributed by atoms with van der Waals surface area (Å²) in [5, 5.41) is 2.19. The molecule has 0 fully saturated rings. The minimum atomic E-state index is 0.168. The van der Waals surface area contributed by atoms with Crippen molar-refractivity contribution in [3.8, 4) is 5.75 Å². The molecule has 2 heterocycles. The molecule has 1 atom stereocenters. The first-order valence-electron chi connectivity index (χ1n) is 7.93. The summed E-state index contributed by atoms with van der Waals surface area (Å²) in [6.07, 6.45) is 3.90. The van der Waals surface area contributed by atoms with Crippen LogP contribution >= 0.6 is 0 Å². The van der Waals surface area contributed by atoms with E-state index in [1.165, 1.54) is 11.3 Å². The van der Waals surface area contributed by atoms with E-state index in [1.807, 2.05) is 18.2 Å². The highest BCUT2D eigenvalue weighted by Gasteiger charge is 2.31. The van der Waals surface area contributed by atoms with Gasteiger partial charge in [0.2, 0.25) is 0 Å². The zero-order chi connectivity index (χ0) is 16.0. The lowest BCUT2D eigenvalue weighted by Gasteiger charge is -2.22. The highest BCUT2D eigenvalue weighted by molar-refractivity contribution is 6.13. The molecule has 0 amide bonds. The molecule has 0 aromatic heterocycles. The summed E-state index contributed by atoms with van der Waals surface area (Å²) in [6.45, 7) is 1.67. The van der Waals surface area contributed by atoms with Gasteiger partial charge in [-0.15, -0.1) is 0 Å². The molecule has 2 aliphatic heterocycles. The molecule has 1 unspecified atom stereocenters. The number of carbonyl (C=O) groups is 1. The second kappa shape index (κ2) is 5.27. The van der Waals surface area contributed by atoms with Gasteiger partial charge in [-0.2, -0.15) is 0 Å². The summed E-state index contributed by atoms with van der Waals surface area (Å²) < 4.78 is 5.35. The zero-order valence-electron chi connectivity index (χ0n) is 13.4. The van der Waals surface area contributed by atoms with Crippen LogP contribution in [0, 0.1) is 0 Å². The Morgan fingerprint density at radius 2 is 2.00 bits per heavy atom. The van der Waals surface area contributed by atoms with Crippen LogP contribution in [0.5, 0.6) is 5.75 Å². The maximum absolute atomic E-state index is 12.2. The lowest BCUT2D eigenvalue weighted by molar-refractivity contribution is -0.112. The van der Waals surface area contributed by atoms with Crippen molar-refractivity contribution < 1.29 is 9.53 Å². The number of nitrogens with zero attached hydrogens (tertiary/aromatic N) is 1. The highest BCUT2D eigenvalue weighted by atomic mass is 16.5. The van der Waals surface area contributed by atoms with Gasteiger partial charge in [-0.1, -0.05) is 24.3 Å². The number of Topliss-reactive ketones (excluding diaryl/α,β-unsaturated/α-hetero) is 1. The molecule has 3 nitrogen and oxygen atoms in total. The SMILES string of the molecule is COc1ccc2c(c1)CC1CC(C(C)=O)=c3ccccc3=CN21. The molecule has 0 N–H and O–H groups in total. The molecule has 116 valence electrons. The van der Waals surface area contributed by atoms with Crippen molar-refractivity contribution in [2.45, 2.75) is 25.8 Å². The summed E-state index contributed by atoms with van der Waals surface area (Å²) in [5.41, 5.74) is 3.44. The Hall–Kier alpha value is -2.55. The van der Waals surface area contributed by atoms with Crippen molar-refractivity contribution >= 4 is 23.2 Å². The number of carbonyl (C=O) groups excluding carboxylic acids is 1. The molecule has 2 aromatic rings. The van der Waals surface area contributed by atoms with Crippen LogP contribution in [0.15, 0.2) is 42.5 Å². The van der Waals surface area contributed by atoms with Crippen molar-refractivity contribution in [2.75, 3.05) is 12.0 Å². The van der Waals surface area contributed by atoms with Gasteiger partial charge in [-0.3, -0.25) is 4.79 Å². The largest absolute Gasteiger partial charge is 0.497 e. The van der Waals surface area contributed by atoms with Crippen molar-refractivity contribution in [3.63, 3.8) is 0 Å². The van der Waals surface area contributed by atoms with Crippen LogP contribution in [0.2, 0.25) is 0 Å². The topological polar surface area (TPSA) is 29.5 Å². The molecular formula is C20H19NO2. The van der Waals surface area contributed by atoms with Gasteiger partial charge >= 0.3 is 0 Å². The van der Waals surface area contributed by atoms with E-state index in [-0.39, 0.29) is 5.78 Å². The third-order valence-corrected chi connectivity index (χ3v) is 4.84. The van der Waals surface area contributed by atoms with E-state index in [0.29, 0.717) is 6.04 Å². The van der Waals surface area contributed by atoms with Gasteiger partial charge in [0.1, 0.15) is 5.75 Å². The van der Waals surface area contributed by atoms with Crippen LogP contribution in [0.1, 0.15) is 18.9 Å². The van der Waals surface area contributed by atoms with Crippen molar-refractivity contribution in [1.82, 2.24) is 0 Å². The number of ketones is 1. The van der Waals surface area contributed by atoms with Crippen LogP contribution in [0.3, 0.4) is 0 Å². The number of hydrogen-bond donors (Lipinski definition) is 0. The minimum absolute atomic E-state index is 0.168. The van der Waals surface area contributed by atoms with Gasteiger partial charge in [-0.05, 0) is 54.0 Å². The fourth-order valence-electron chi connectivity index (χ4n) is 3.71. The number of ether oxygens (including phenoxy) is 1. The molecule has 0 saturated carbocycles. The molecule has 0 saturated heterocycles. The summed E-state index contributed by atoms with van der Waals surface area (Å²) in [7, 11) is 1.69. The van der Waals surface area contributed by atoms with Crippen LogP contribution < -0.4 is 20.1 Å². The van der Waals surface area contributed by atoms with Crippen LogP contribution in [0.4, 0.5) is 5.69 Å². The number of methoxy groups -OCH3 is 1. The standard InChI is InChI=1S/C20H19NO2/c1-13(22)19-11-16-9-15-10-17(23-2)7-8-20(15)21(16)12-14-5-3-4-6-18(14)19/h3-8,10,12,16H,9,11H2,1-2H3. The third kappa shape index (κ3) is 2.24. The predicted octanol–water partition coefficient (Wildman–Crippen LogP) is 2.01. The monoisotopic (exact) mass is 305 g/mol. The molecule has 2 aliphatic rings. The number of anilines is 1. The first kappa shape index (κ1) is 14.1. The molecule has 3 heteroatoms. The van der Waals surface area contributed by atoms with Gasteiger partial charge in [-0.25, -0.2) is 0 Å². The number of hydrogen-bond acceptors (Lipinski definition) is 3. The number of fused-ring (bicyclic) bond motifs is 4. The average Bonchev–Trinajstić information content (AvgIpc) is 2.80. The highest BCUT2D eigenvalue weighted by Crippen LogP contribution is 2.37. The van der Waals surface area contributed by atoms with Gasteiger partial charge in [0.05, 0.1) is 7.11 Å². The fraction of sp³-hybridized carbons (Fsp3) is 0.250. The summed E-state index contributed by atoms with van der Waals surface area (Å²) in [5.74, 6) is 1.05. The van der Waals surface area contributed by atoms with E-state index >= 15 is 0 Å². The molecule has 23 heavy (non-hydrogen) atoms. The molecule has 0 aliphatic carbocycles. The summed E-state index contributed by atoms with van der Waals surface area (Å²) >= 11 is 0. The van der Waals surface area contributed by atoms with E-state index in [1.54, 1.807) is 14.0 Å². The third-order valence-electron chi connectivity index (χ3n) is 4.84. The lowest BCUT2D eigenvalue weighted by Crippen LogP contribution is -2.29. The normalized spacial score (nSPS) is 18.4. The Bertz CT molecular complexity index is 913.